The van der Waals surface area contributed by atoms with Crippen LogP contribution in [0.15, 0.2) is 58.6 Å². The number of nitrogens with zero attached hydrogens (tertiary/aromatic N) is 3. The van der Waals surface area contributed by atoms with Gasteiger partial charge < -0.3 is 16.2 Å². The minimum absolute atomic E-state index is 0.190. The molecular formula is C25H34N6. The van der Waals surface area contributed by atoms with Crippen LogP contribution in [0.4, 0.5) is 0 Å². The van der Waals surface area contributed by atoms with E-state index < -0.39 is 0 Å². The summed E-state index contributed by atoms with van der Waals surface area (Å²) in [5.41, 5.74) is 7.14. The van der Waals surface area contributed by atoms with Gasteiger partial charge in [-0.1, -0.05) is 74.7 Å². The van der Waals surface area contributed by atoms with E-state index in [1.807, 2.05) is 18.2 Å². The van der Waals surface area contributed by atoms with Gasteiger partial charge in [0.25, 0.3) is 0 Å². The van der Waals surface area contributed by atoms with Crippen LogP contribution in [0.25, 0.3) is 11.1 Å². The molecule has 5 N–H and O–H groups in total. The number of amidine groups is 2. The van der Waals surface area contributed by atoms with Gasteiger partial charge in [0.15, 0.2) is 5.84 Å². The summed E-state index contributed by atoms with van der Waals surface area (Å²) in [4.78, 5) is 7.78. The lowest BCUT2D eigenvalue weighted by Gasteiger charge is -2.25. The molecule has 1 saturated carbocycles. The minimum atomic E-state index is 0.190. The maximum Gasteiger partial charge on any atom is 0.167 e. The normalized spacial score (nSPS) is 17.9. The average molecular weight is 419 g/mol. The van der Waals surface area contributed by atoms with Crippen molar-refractivity contribution >= 4 is 11.7 Å². The molecule has 0 bridgehead atoms. The average Bonchev–Trinajstić information content (AvgIpc) is 3.40. The number of benzene rings is 2. The van der Waals surface area contributed by atoms with E-state index in [-0.39, 0.29) is 5.54 Å². The summed E-state index contributed by atoms with van der Waals surface area (Å²) in [6, 6.07) is 16.8. The fraction of sp³-hybridized carbons (Fsp3) is 0.440. The van der Waals surface area contributed by atoms with Gasteiger partial charge in [0.05, 0.1) is 5.54 Å². The van der Waals surface area contributed by atoms with Crippen molar-refractivity contribution in [1.82, 2.24) is 10.3 Å². The monoisotopic (exact) mass is 418 g/mol. The van der Waals surface area contributed by atoms with Gasteiger partial charge >= 0.3 is 0 Å². The molecule has 0 aromatic heterocycles. The van der Waals surface area contributed by atoms with Crippen LogP contribution >= 0.6 is 0 Å². The number of nitrogens with one attached hydrogen (secondary N) is 1. The predicted octanol–water partition coefficient (Wildman–Crippen LogP) is 4.15. The summed E-state index contributed by atoms with van der Waals surface area (Å²) >= 11 is 0. The van der Waals surface area contributed by atoms with Crippen molar-refractivity contribution in [2.45, 2.75) is 64.0 Å². The number of nitrogens with two attached hydrogens (primary N) is 2. The molecule has 1 fully saturated rings. The first-order valence-electron chi connectivity index (χ1n) is 11.4. The van der Waals surface area contributed by atoms with Crippen molar-refractivity contribution in [3.8, 4) is 11.1 Å². The van der Waals surface area contributed by atoms with Crippen LogP contribution in [-0.4, -0.2) is 28.7 Å². The van der Waals surface area contributed by atoms with E-state index in [1.165, 1.54) is 49.9 Å². The van der Waals surface area contributed by atoms with Crippen LogP contribution in [0, 0.1) is 0 Å². The zero-order chi connectivity index (χ0) is 21.7. The van der Waals surface area contributed by atoms with E-state index in [9.17, 15) is 0 Å². The topological polar surface area (TPSA) is 92.0 Å². The zero-order valence-electron chi connectivity index (χ0n) is 18.5. The van der Waals surface area contributed by atoms with Gasteiger partial charge in [-0.2, -0.15) is 5.10 Å². The molecule has 164 valence electrons. The summed E-state index contributed by atoms with van der Waals surface area (Å²) in [7, 11) is 0. The first-order chi connectivity index (χ1) is 15.2. The second-order valence-corrected chi connectivity index (χ2v) is 8.78. The standard InChI is InChI=1S/C25H34N6/c1-2-3-10-23-28-25(15-6-7-16-25)18-31(23)17-19-11-13-20(14-12-19)21-8-4-5-9-22(21)24(29-26)30-27/h4-5,8-9,11-14H,2-3,6-7,10,15-18,26-27H2,1H3,(H,29,30). The second-order valence-electron chi connectivity index (χ2n) is 8.78. The maximum absolute atomic E-state index is 5.60. The Bertz CT molecular complexity index is 941. The molecule has 0 radical (unpaired) electrons. The zero-order valence-corrected chi connectivity index (χ0v) is 18.5. The van der Waals surface area contributed by atoms with Gasteiger partial charge in [-0.3, -0.25) is 4.99 Å². The Kier molecular flexibility index (Phi) is 6.56. The smallest absolute Gasteiger partial charge is 0.167 e. The van der Waals surface area contributed by atoms with Gasteiger partial charge in [0, 0.05) is 25.1 Å². The fourth-order valence-electron chi connectivity index (χ4n) is 4.96. The maximum atomic E-state index is 5.60. The van der Waals surface area contributed by atoms with Crippen molar-refractivity contribution in [2.24, 2.45) is 21.8 Å². The summed E-state index contributed by atoms with van der Waals surface area (Å²) in [6.45, 7) is 4.25. The lowest BCUT2D eigenvalue weighted by Crippen LogP contribution is -2.33. The second kappa shape index (κ2) is 9.52. The Morgan fingerprint density at radius 2 is 1.87 bits per heavy atom. The van der Waals surface area contributed by atoms with Gasteiger partial charge in [0.2, 0.25) is 0 Å². The Labute approximate surface area is 185 Å². The molecular weight excluding hydrogens is 384 g/mol. The van der Waals surface area contributed by atoms with Crippen molar-refractivity contribution in [1.29, 1.82) is 0 Å². The number of unbranched alkanes of at least 4 members (excludes halogenated alkanes) is 1. The highest BCUT2D eigenvalue weighted by atomic mass is 15.3. The molecule has 0 unspecified atom stereocenters. The van der Waals surface area contributed by atoms with Gasteiger partial charge in [-0.05, 0) is 36.0 Å². The van der Waals surface area contributed by atoms with Crippen LogP contribution in [-0.2, 0) is 6.54 Å². The third-order valence-corrected chi connectivity index (χ3v) is 6.59. The van der Waals surface area contributed by atoms with E-state index >= 15 is 0 Å². The number of aliphatic imine (C=N–C) groups is 1. The summed E-state index contributed by atoms with van der Waals surface area (Å²) < 4.78 is 0. The number of hydrogen-bond donors (Lipinski definition) is 3. The largest absolute Gasteiger partial charge is 0.354 e. The third-order valence-electron chi connectivity index (χ3n) is 6.59. The Hall–Kier alpha value is -2.86. The molecule has 2 aliphatic rings. The fourth-order valence-corrected chi connectivity index (χ4v) is 4.96. The highest BCUT2D eigenvalue weighted by Gasteiger charge is 2.40. The number of rotatable bonds is 7. The molecule has 0 amide bonds. The van der Waals surface area contributed by atoms with Crippen molar-refractivity contribution in [3.63, 3.8) is 0 Å². The van der Waals surface area contributed by atoms with Crippen LogP contribution in [0.2, 0.25) is 0 Å². The van der Waals surface area contributed by atoms with Crippen molar-refractivity contribution < 1.29 is 0 Å². The van der Waals surface area contributed by atoms with Crippen LogP contribution in [0.5, 0.6) is 0 Å². The van der Waals surface area contributed by atoms with Crippen LogP contribution < -0.4 is 17.1 Å². The first kappa shape index (κ1) is 21.4. The Morgan fingerprint density at radius 1 is 1.13 bits per heavy atom. The van der Waals surface area contributed by atoms with E-state index in [0.717, 1.165) is 36.2 Å². The van der Waals surface area contributed by atoms with Gasteiger partial charge in [-0.25, -0.2) is 5.84 Å². The molecule has 0 saturated heterocycles. The highest BCUT2D eigenvalue weighted by Crippen LogP contribution is 2.39. The lowest BCUT2D eigenvalue weighted by atomic mass is 9.97. The van der Waals surface area contributed by atoms with Gasteiger partial charge in [0.1, 0.15) is 5.84 Å². The molecule has 0 atom stereocenters. The van der Waals surface area contributed by atoms with Crippen LogP contribution in [0.3, 0.4) is 0 Å². The quantitative estimate of drug-likeness (QED) is 0.272. The summed E-state index contributed by atoms with van der Waals surface area (Å²) in [5.74, 6) is 12.9. The molecule has 2 aromatic carbocycles. The molecule has 1 aliphatic heterocycles. The number of hydrazine groups is 1. The molecule has 31 heavy (non-hydrogen) atoms. The molecule has 1 aliphatic carbocycles. The minimum Gasteiger partial charge on any atom is -0.354 e. The molecule has 6 nitrogen and oxygen atoms in total. The molecule has 1 spiro atoms. The van der Waals surface area contributed by atoms with Crippen molar-refractivity contribution in [3.05, 3.63) is 59.7 Å². The first-order valence-corrected chi connectivity index (χ1v) is 11.4. The van der Waals surface area contributed by atoms with Crippen molar-refractivity contribution in [2.75, 3.05) is 6.54 Å². The summed E-state index contributed by atoms with van der Waals surface area (Å²) in [5, 5.41) is 3.78. The summed E-state index contributed by atoms with van der Waals surface area (Å²) in [6.07, 6.45) is 8.64. The third kappa shape index (κ3) is 4.59. The van der Waals surface area contributed by atoms with E-state index in [1.54, 1.807) is 0 Å². The molecule has 6 heteroatoms. The molecule has 4 rings (SSSR count). The highest BCUT2D eigenvalue weighted by molar-refractivity contribution is 6.04. The predicted molar refractivity (Wildman–Crippen MR) is 128 cm³/mol. The Balaban J connectivity index is 1.52. The van der Waals surface area contributed by atoms with Gasteiger partial charge in [-0.15, -0.1) is 0 Å². The molecule has 1 heterocycles. The van der Waals surface area contributed by atoms with E-state index in [4.69, 9.17) is 16.7 Å². The van der Waals surface area contributed by atoms with E-state index in [2.05, 4.69) is 52.7 Å². The number of hydrazone groups is 1. The van der Waals surface area contributed by atoms with Crippen LogP contribution in [0.1, 0.15) is 63.0 Å². The Morgan fingerprint density at radius 3 is 2.55 bits per heavy atom. The number of hydrogen-bond acceptors (Lipinski definition) is 5. The van der Waals surface area contributed by atoms with E-state index in [0.29, 0.717) is 5.84 Å². The lowest BCUT2D eigenvalue weighted by molar-refractivity contribution is 0.336. The SMILES string of the molecule is CCCCC1=NC2(CCCC2)CN1Cc1ccc(-c2ccccc2/C(=N/N)NN)cc1. The molecule has 2 aromatic rings.